The third-order valence-corrected chi connectivity index (χ3v) is 3.41. The maximum atomic E-state index is 13.4. The highest BCUT2D eigenvalue weighted by Gasteiger charge is 2.27. The molecule has 126 valence electrons. The highest BCUT2D eigenvalue weighted by Crippen LogP contribution is 2.10. The number of ether oxygens (including phenoxy) is 2. The van der Waals surface area contributed by atoms with Crippen molar-refractivity contribution in [3.63, 3.8) is 0 Å². The summed E-state index contributed by atoms with van der Waals surface area (Å²) in [6, 6.07) is 4.46. The van der Waals surface area contributed by atoms with Crippen molar-refractivity contribution >= 4 is 17.8 Å². The molecule has 0 bridgehead atoms. The number of esters is 2. The second-order valence-electron chi connectivity index (χ2n) is 5.01. The lowest BCUT2D eigenvalue weighted by molar-refractivity contribution is -0.147. The Bertz CT molecular complexity index is 575. The van der Waals surface area contributed by atoms with Gasteiger partial charge in [-0.3, -0.25) is 4.79 Å². The van der Waals surface area contributed by atoms with Gasteiger partial charge in [0, 0.05) is 0 Å². The Morgan fingerprint density at radius 2 is 1.91 bits per heavy atom. The molecule has 0 aromatic heterocycles. The van der Waals surface area contributed by atoms with Crippen molar-refractivity contribution in [2.75, 3.05) is 13.7 Å². The van der Waals surface area contributed by atoms with Gasteiger partial charge >= 0.3 is 11.9 Å². The van der Waals surface area contributed by atoms with Crippen molar-refractivity contribution in [2.45, 2.75) is 26.3 Å². The van der Waals surface area contributed by atoms with Gasteiger partial charge in [0.2, 0.25) is 0 Å². The van der Waals surface area contributed by atoms with Crippen LogP contribution >= 0.6 is 0 Å². The highest BCUT2D eigenvalue weighted by atomic mass is 19.1. The predicted molar refractivity (Wildman–Crippen MR) is 80.1 cm³/mol. The first-order chi connectivity index (χ1) is 10.9. The normalized spacial score (nSPS) is 12.9. The molecule has 23 heavy (non-hydrogen) atoms. The van der Waals surface area contributed by atoms with Gasteiger partial charge in [-0.25, -0.2) is 14.0 Å². The first kappa shape index (κ1) is 18.6. The maximum absolute atomic E-state index is 13.4. The van der Waals surface area contributed by atoms with E-state index in [1.165, 1.54) is 25.3 Å². The standard InChI is InChI=1S/C16H20FNO5/c1-4-10(2)14(16(21)22-3)18-13(19)9-23-15(20)11-7-5-6-8-12(11)17/h5-8,10,14H,4,9H2,1-3H3,(H,18,19)/t10-,14-/m1/s1. The topological polar surface area (TPSA) is 81.7 Å². The summed E-state index contributed by atoms with van der Waals surface area (Å²) in [6.45, 7) is 3.04. The van der Waals surface area contributed by atoms with Crippen LogP contribution in [0.5, 0.6) is 0 Å². The molecular formula is C16H20FNO5. The molecular weight excluding hydrogens is 305 g/mol. The third-order valence-electron chi connectivity index (χ3n) is 3.41. The summed E-state index contributed by atoms with van der Waals surface area (Å²) >= 11 is 0. The zero-order chi connectivity index (χ0) is 17.4. The molecule has 1 rings (SSSR count). The monoisotopic (exact) mass is 325 g/mol. The molecule has 2 atom stereocenters. The summed E-state index contributed by atoms with van der Waals surface area (Å²) in [4.78, 5) is 35.2. The van der Waals surface area contributed by atoms with Gasteiger partial charge in [-0.05, 0) is 18.1 Å². The van der Waals surface area contributed by atoms with E-state index in [4.69, 9.17) is 4.74 Å². The van der Waals surface area contributed by atoms with E-state index in [1.54, 1.807) is 6.92 Å². The molecule has 1 aromatic rings. The number of benzene rings is 1. The van der Waals surface area contributed by atoms with Crippen LogP contribution in [0.15, 0.2) is 24.3 Å². The van der Waals surface area contributed by atoms with E-state index in [1.807, 2.05) is 6.92 Å². The molecule has 7 heteroatoms. The molecule has 0 aliphatic carbocycles. The van der Waals surface area contributed by atoms with Crippen molar-refractivity contribution in [3.8, 4) is 0 Å². The minimum atomic E-state index is -0.948. The predicted octanol–water partition coefficient (Wildman–Crippen LogP) is 1.69. The first-order valence-corrected chi connectivity index (χ1v) is 7.19. The van der Waals surface area contributed by atoms with Crippen molar-refractivity contribution in [1.29, 1.82) is 0 Å². The Morgan fingerprint density at radius 3 is 2.48 bits per heavy atom. The lowest BCUT2D eigenvalue weighted by Crippen LogP contribution is -2.47. The maximum Gasteiger partial charge on any atom is 0.341 e. The van der Waals surface area contributed by atoms with Gasteiger partial charge in [0.25, 0.3) is 5.91 Å². The Kier molecular flexibility index (Phi) is 7.18. The number of rotatable bonds is 7. The van der Waals surface area contributed by atoms with Crippen LogP contribution < -0.4 is 5.32 Å². The van der Waals surface area contributed by atoms with Gasteiger partial charge in [-0.1, -0.05) is 32.4 Å². The summed E-state index contributed by atoms with van der Waals surface area (Å²) in [7, 11) is 1.22. The van der Waals surface area contributed by atoms with Crippen LogP contribution in [0.25, 0.3) is 0 Å². The fraction of sp³-hybridized carbons (Fsp3) is 0.438. The molecule has 0 radical (unpaired) electrons. The van der Waals surface area contributed by atoms with Gasteiger partial charge in [0.1, 0.15) is 11.9 Å². The summed E-state index contributed by atoms with van der Waals surface area (Å²) < 4.78 is 22.8. The number of carbonyl (C=O) groups excluding carboxylic acids is 3. The van der Waals surface area contributed by atoms with Crippen LogP contribution in [-0.4, -0.2) is 37.6 Å². The Balaban J connectivity index is 2.60. The van der Waals surface area contributed by atoms with Gasteiger partial charge in [-0.2, -0.15) is 0 Å². The summed E-state index contributed by atoms with van der Waals surface area (Å²) in [6.07, 6.45) is 0.648. The molecule has 1 amide bonds. The molecule has 0 spiro atoms. The molecule has 0 aliphatic heterocycles. The Labute approximate surface area is 134 Å². The van der Waals surface area contributed by atoms with E-state index in [0.717, 1.165) is 6.07 Å². The number of carbonyl (C=O) groups is 3. The fourth-order valence-corrected chi connectivity index (χ4v) is 1.85. The number of halogens is 1. The zero-order valence-electron chi connectivity index (χ0n) is 13.3. The van der Waals surface area contributed by atoms with Gasteiger partial charge in [0.05, 0.1) is 12.7 Å². The van der Waals surface area contributed by atoms with E-state index in [9.17, 15) is 18.8 Å². The molecule has 0 saturated carbocycles. The zero-order valence-corrected chi connectivity index (χ0v) is 13.3. The second-order valence-corrected chi connectivity index (χ2v) is 5.01. The van der Waals surface area contributed by atoms with Crippen LogP contribution in [0.4, 0.5) is 4.39 Å². The molecule has 0 saturated heterocycles. The number of hydrogen-bond acceptors (Lipinski definition) is 5. The van der Waals surface area contributed by atoms with Gasteiger partial charge in [0.15, 0.2) is 6.61 Å². The number of nitrogens with one attached hydrogen (secondary N) is 1. The largest absolute Gasteiger partial charge is 0.467 e. The lowest BCUT2D eigenvalue weighted by Gasteiger charge is -2.21. The Morgan fingerprint density at radius 1 is 1.26 bits per heavy atom. The van der Waals surface area contributed by atoms with Gasteiger partial charge in [-0.15, -0.1) is 0 Å². The van der Waals surface area contributed by atoms with Crippen LogP contribution in [-0.2, 0) is 19.1 Å². The van der Waals surface area contributed by atoms with Crippen LogP contribution in [0.3, 0.4) is 0 Å². The molecule has 0 aliphatic rings. The highest BCUT2D eigenvalue weighted by molar-refractivity contribution is 5.92. The first-order valence-electron chi connectivity index (χ1n) is 7.19. The SMILES string of the molecule is CC[C@@H](C)[C@@H](NC(=O)COC(=O)c1ccccc1F)C(=O)OC. The average Bonchev–Trinajstić information content (AvgIpc) is 2.56. The van der Waals surface area contributed by atoms with Crippen LogP contribution in [0.2, 0.25) is 0 Å². The summed E-state index contributed by atoms with van der Waals surface area (Å²) in [5.74, 6) is -3.06. The average molecular weight is 325 g/mol. The number of amides is 1. The smallest absolute Gasteiger partial charge is 0.341 e. The fourth-order valence-electron chi connectivity index (χ4n) is 1.85. The second kappa shape index (κ2) is 8.87. The van der Waals surface area contributed by atoms with Gasteiger partial charge < -0.3 is 14.8 Å². The minimum Gasteiger partial charge on any atom is -0.467 e. The van der Waals surface area contributed by atoms with Crippen molar-refractivity contribution < 1.29 is 28.2 Å². The molecule has 0 unspecified atom stereocenters. The van der Waals surface area contributed by atoms with Crippen LogP contribution in [0.1, 0.15) is 30.6 Å². The Hall–Kier alpha value is -2.44. The summed E-state index contributed by atoms with van der Waals surface area (Å²) in [5, 5.41) is 2.46. The van der Waals surface area contributed by atoms with E-state index < -0.39 is 36.3 Å². The van der Waals surface area contributed by atoms with E-state index >= 15 is 0 Å². The lowest BCUT2D eigenvalue weighted by atomic mass is 9.99. The van der Waals surface area contributed by atoms with Crippen molar-refractivity contribution in [1.82, 2.24) is 5.32 Å². The van der Waals surface area contributed by atoms with E-state index in [0.29, 0.717) is 6.42 Å². The third kappa shape index (κ3) is 5.36. The van der Waals surface area contributed by atoms with Crippen molar-refractivity contribution in [3.05, 3.63) is 35.6 Å². The quantitative estimate of drug-likeness (QED) is 0.772. The molecule has 1 aromatic carbocycles. The van der Waals surface area contributed by atoms with Crippen LogP contribution in [0, 0.1) is 11.7 Å². The summed E-state index contributed by atoms with van der Waals surface area (Å²) in [5.41, 5.74) is -0.258. The molecule has 0 heterocycles. The minimum absolute atomic E-state index is 0.145. The van der Waals surface area contributed by atoms with Crippen molar-refractivity contribution in [2.24, 2.45) is 5.92 Å². The molecule has 0 fully saturated rings. The number of hydrogen-bond donors (Lipinski definition) is 1. The van der Waals surface area contributed by atoms with E-state index in [-0.39, 0.29) is 11.5 Å². The molecule has 1 N–H and O–H groups in total. The van der Waals surface area contributed by atoms with E-state index in [2.05, 4.69) is 10.1 Å². The molecule has 6 nitrogen and oxygen atoms in total. The number of methoxy groups -OCH3 is 1.